The van der Waals surface area contributed by atoms with Crippen molar-refractivity contribution in [3.8, 4) is 45.5 Å². The van der Waals surface area contributed by atoms with Crippen molar-refractivity contribution in [1.29, 1.82) is 0 Å². The lowest BCUT2D eigenvalue weighted by molar-refractivity contribution is 0.332. The molecule has 1 aliphatic rings. The molecule has 0 bridgehead atoms. The van der Waals surface area contributed by atoms with Gasteiger partial charge in [0.1, 0.15) is 0 Å². The van der Waals surface area contributed by atoms with Crippen LogP contribution >= 0.6 is 0 Å². The Labute approximate surface area is 368 Å². The molecular weight excluding hydrogens is 755 g/mol. The standard InChI is InChI=1S/C57H45N5/c1-56(2)30-31-57(3,4)47-35-51-43(32-46(47)56)44-33-50-45(34-49(44)61(51)41-21-12-7-13-22-41)52-42-23-15-14-18-38(42)28-29-48(52)62(50)55-59-53(39-19-10-6-11-20-39)58-54(60-55)40-26-24-37(25-27-40)36-16-8-5-9-17-36/h5-29,32-35H,30-31H2,1-4H3/i6D,10D,11D,19D,20D. The van der Waals surface area contributed by atoms with Crippen LogP contribution in [0.4, 0.5) is 0 Å². The predicted molar refractivity (Wildman–Crippen MR) is 258 cm³/mol. The van der Waals surface area contributed by atoms with Crippen LogP contribution in [0.2, 0.25) is 0 Å². The van der Waals surface area contributed by atoms with E-state index >= 15 is 0 Å². The van der Waals surface area contributed by atoms with Crippen molar-refractivity contribution in [3.05, 3.63) is 187 Å². The van der Waals surface area contributed by atoms with Gasteiger partial charge in [0, 0.05) is 38.4 Å². The molecule has 12 rings (SSSR count). The highest BCUT2D eigenvalue weighted by atomic mass is 15.2. The number of hydrogen-bond donors (Lipinski definition) is 0. The summed E-state index contributed by atoms with van der Waals surface area (Å²) in [6.45, 7) is 9.47. The smallest absolute Gasteiger partial charge is 0.238 e. The molecule has 0 unspecified atom stereocenters. The largest absolute Gasteiger partial charge is 0.309 e. The minimum Gasteiger partial charge on any atom is -0.309 e. The number of aromatic nitrogens is 5. The van der Waals surface area contributed by atoms with Crippen LogP contribution in [0, 0.1) is 0 Å². The van der Waals surface area contributed by atoms with E-state index in [1.165, 1.54) is 11.1 Å². The summed E-state index contributed by atoms with van der Waals surface area (Å²) in [7, 11) is 0. The fraction of sp³-hybridized carbons (Fsp3) is 0.140. The van der Waals surface area contributed by atoms with Gasteiger partial charge in [-0.3, -0.25) is 4.57 Å². The molecule has 3 aromatic heterocycles. The minimum absolute atomic E-state index is 0.00364. The molecule has 0 spiro atoms. The van der Waals surface area contributed by atoms with Crippen LogP contribution in [0.5, 0.6) is 0 Å². The van der Waals surface area contributed by atoms with Gasteiger partial charge >= 0.3 is 0 Å². The van der Waals surface area contributed by atoms with Gasteiger partial charge in [0.2, 0.25) is 5.95 Å². The average molecular weight is 805 g/mol. The Kier molecular flexibility index (Phi) is 6.89. The molecule has 0 fully saturated rings. The zero-order chi connectivity index (χ0) is 46.1. The van der Waals surface area contributed by atoms with Crippen molar-refractivity contribution >= 4 is 54.4 Å². The predicted octanol–water partition coefficient (Wildman–Crippen LogP) is 14.6. The lowest BCUT2D eigenvalue weighted by atomic mass is 9.63. The number of para-hydroxylation sites is 1. The Bertz CT molecular complexity index is 3830. The Balaban J connectivity index is 1.21. The molecular formula is C57H45N5. The first-order valence-corrected chi connectivity index (χ1v) is 21.3. The summed E-state index contributed by atoms with van der Waals surface area (Å²) in [5, 5.41) is 6.42. The van der Waals surface area contributed by atoms with Gasteiger partial charge in [-0.05, 0) is 99.2 Å². The molecule has 11 aromatic rings. The Hall–Kier alpha value is -7.37. The second-order valence-corrected chi connectivity index (χ2v) is 18.0. The van der Waals surface area contributed by atoms with E-state index in [2.05, 4.69) is 140 Å². The van der Waals surface area contributed by atoms with Crippen molar-refractivity contribution in [2.45, 2.75) is 51.4 Å². The van der Waals surface area contributed by atoms with Crippen LogP contribution in [0.25, 0.3) is 99.9 Å². The lowest BCUT2D eigenvalue weighted by Gasteiger charge is -2.42. The van der Waals surface area contributed by atoms with Crippen molar-refractivity contribution in [2.24, 2.45) is 0 Å². The average Bonchev–Trinajstić information content (AvgIpc) is 3.85. The second-order valence-electron chi connectivity index (χ2n) is 18.0. The highest BCUT2D eigenvalue weighted by Gasteiger charge is 2.38. The number of hydrogen-bond acceptors (Lipinski definition) is 3. The quantitative estimate of drug-likeness (QED) is 0.174. The molecule has 0 radical (unpaired) electrons. The fourth-order valence-corrected chi connectivity index (χ4v) is 9.94. The third-order valence-corrected chi connectivity index (χ3v) is 13.3. The summed E-state index contributed by atoms with van der Waals surface area (Å²) in [5.74, 6) is 0.555. The molecule has 3 heterocycles. The zero-order valence-electron chi connectivity index (χ0n) is 40.0. The highest BCUT2D eigenvalue weighted by Crippen LogP contribution is 2.49. The molecule has 0 saturated carbocycles. The topological polar surface area (TPSA) is 48.5 Å². The van der Waals surface area contributed by atoms with Crippen molar-refractivity contribution in [2.75, 3.05) is 0 Å². The van der Waals surface area contributed by atoms with Gasteiger partial charge in [0.15, 0.2) is 11.6 Å². The third kappa shape index (κ3) is 5.65. The highest BCUT2D eigenvalue weighted by molar-refractivity contribution is 6.25. The molecule has 8 aromatic carbocycles. The molecule has 0 aliphatic heterocycles. The second kappa shape index (κ2) is 13.6. The maximum Gasteiger partial charge on any atom is 0.238 e. The fourth-order valence-electron chi connectivity index (χ4n) is 9.94. The summed E-state index contributed by atoms with van der Waals surface area (Å²) >= 11 is 0. The molecule has 5 nitrogen and oxygen atoms in total. The van der Waals surface area contributed by atoms with Crippen LogP contribution in [0.3, 0.4) is 0 Å². The molecule has 0 amide bonds. The first-order valence-electron chi connectivity index (χ1n) is 23.8. The number of rotatable bonds is 5. The van der Waals surface area contributed by atoms with Gasteiger partial charge < -0.3 is 4.57 Å². The molecule has 0 N–H and O–H groups in total. The Morgan fingerprint density at radius 2 is 1.02 bits per heavy atom. The van der Waals surface area contributed by atoms with Gasteiger partial charge in [-0.2, -0.15) is 9.97 Å². The maximum absolute atomic E-state index is 9.05. The van der Waals surface area contributed by atoms with Gasteiger partial charge in [0.05, 0.1) is 28.9 Å². The van der Waals surface area contributed by atoms with Gasteiger partial charge in [-0.25, -0.2) is 4.98 Å². The Morgan fingerprint density at radius 3 is 1.76 bits per heavy atom. The monoisotopic (exact) mass is 804 g/mol. The first-order chi connectivity index (χ1) is 32.3. The summed E-state index contributed by atoms with van der Waals surface area (Å²) in [6, 6.07) is 48.6. The molecule has 0 saturated heterocycles. The van der Waals surface area contributed by atoms with Crippen LogP contribution in [0.15, 0.2) is 176 Å². The van der Waals surface area contributed by atoms with E-state index in [1.807, 2.05) is 42.5 Å². The van der Waals surface area contributed by atoms with Gasteiger partial charge in [-0.1, -0.05) is 161 Å². The summed E-state index contributed by atoms with van der Waals surface area (Å²) < 4.78 is 48.2. The normalized spacial score (nSPS) is 15.7. The van der Waals surface area contributed by atoms with E-state index < -0.39 is 18.1 Å². The van der Waals surface area contributed by atoms with E-state index in [-0.39, 0.29) is 40.3 Å². The van der Waals surface area contributed by atoms with Crippen LogP contribution < -0.4 is 0 Å². The van der Waals surface area contributed by atoms with E-state index in [1.54, 1.807) is 0 Å². The van der Waals surface area contributed by atoms with Crippen molar-refractivity contribution in [1.82, 2.24) is 24.1 Å². The van der Waals surface area contributed by atoms with E-state index in [4.69, 9.17) is 21.8 Å². The van der Waals surface area contributed by atoms with Crippen molar-refractivity contribution < 1.29 is 6.85 Å². The number of fused-ring (bicyclic) bond motifs is 9. The molecule has 298 valence electrons. The summed E-state index contributed by atoms with van der Waals surface area (Å²) in [5.41, 5.74) is 10.5. The van der Waals surface area contributed by atoms with Crippen LogP contribution in [-0.4, -0.2) is 24.1 Å². The van der Waals surface area contributed by atoms with Crippen LogP contribution in [-0.2, 0) is 10.8 Å². The maximum atomic E-state index is 9.05. The SMILES string of the molecule is [2H]c1c([2H])c([2H])c(-c2nc(-c3ccc(-c4ccccc4)cc3)nc(-n3c4cc5c6cc7c(cc6n(-c6ccccc6)c5cc4c4c5ccccc5ccc43)C(C)(C)CCC7(C)C)n2)c([2H])c1[2H]. The van der Waals surface area contributed by atoms with E-state index in [0.29, 0.717) is 11.4 Å². The Morgan fingerprint density at radius 1 is 0.452 bits per heavy atom. The van der Waals surface area contributed by atoms with Gasteiger partial charge in [0.25, 0.3) is 0 Å². The minimum atomic E-state index is -0.481. The summed E-state index contributed by atoms with van der Waals surface area (Å²) in [6.07, 6.45) is 2.20. The van der Waals surface area contributed by atoms with Crippen LogP contribution in [0.1, 0.15) is 58.5 Å². The third-order valence-electron chi connectivity index (χ3n) is 13.3. The molecule has 1 aliphatic carbocycles. The summed E-state index contributed by atoms with van der Waals surface area (Å²) in [4.78, 5) is 15.3. The van der Waals surface area contributed by atoms with E-state index in [0.717, 1.165) is 84.0 Å². The first kappa shape index (κ1) is 31.5. The number of benzene rings is 8. The molecule has 62 heavy (non-hydrogen) atoms. The lowest BCUT2D eigenvalue weighted by Crippen LogP contribution is -2.33. The van der Waals surface area contributed by atoms with E-state index in [9.17, 15) is 0 Å². The van der Waals surface area contributed by atoms with Gasteiger partial charge in [-0.15, -0.1) is 0 Å². The zero-order valence-corrected chi connectivity index (χ0v) is 35.0. The molecule has 5 heteroatoms. The number of nitrogens with zero attached hydrogens (tertiary/aromatic N) is 5. The molecule has 0 atom stereocenters. The van der Waals surface area contributed by atoms with Crippen molar-refractivity contribution in [3.63, 3.8) is 0 Å².